The Balaban J connectivity index is 1.55. The molecule has 0 aliphatic heterocycles. The summed E-state index contributed by atoms with van der Waals surface area (Å²) in [5.41, 5.74) is 1.67. The summed E-state index contributed by atoms with van der Waals surface area (Å²) in [6.07, 6.45) is 1.42. The first-order valence-electron chi connectivity index (χ1n) is 8.54. The van der Waals surface area contributed by atoms with E-state index in [0.717, 1.165) is 10.0 Å². The Morgan fingerprint density at radius 1 is 1.07 bits per heavy atom. The van der Waals surface area contributed by atoms with E-state index in [1.165, 1.54) is 6.26 Å². The minimum absolute atomic E-state index is 0.104. The zero-order chi connectivity index (χ0) is 19.9. The minimum atomic E-state index is -0.494. The Morgan fingerprint density at radius 2 is 1.93 bits per heavy atom. The molecule has 3 rings (SSSR count). The van der Waals surface area contributed by atoms with E-state index in [-0.39, 0.29) is 24.9 Å². The molecule has 144 valence electrons. The van der Waals surface area contributed by atoms with Gasteiger partial charge >= 0.3 is 5.97 Å². The molecule has 0 aliphatic carbocycles. The molecule has 0 fully saturated rings. The van der Waals surface area contributed by atoms with E-state index in [0.29, 0.717) is 17.0 Å². The molecular weight excluding hydrogens is 426 g/mol. The molecule has 6 nitrogen and oxygen atoms in total. The number of rotatable bonds is 7. The molecular formula is C21H18BrNO5. The number of amides is 1. The molecule has 1 aromatic heterocycles. The number of hydrogen-bond acceptors (Lipinski definition) is 5. The number of carbonyl (C=O) groups is 2. The van der Waals surface area contributed by atoms with Gasteiger partial charge in [-0.15, -0.1) is 0 Å². The highest BCUT2D eigenvalue weighted by Crippen LogP contribution is 2.19. The zero-order valence-corrected chi connectivity index (χ0v) is 16.7. The first kappa shape index (κ1) is 19.7. The summed E-state index contributed by atoms with van der Waals surface area (Å²) in [6, 6.07) is 15.6. The fourth-order valence-corrected chi connectivity index (χ4v) is 2.79. The Kier molecular flexibility index (Phi) is 6.49. The lowest BCUT2D eigenvalue weighted by molar-refractivity contribution is 0.0450. The molecule has 1 heterocycles. The number of anilines is 1. The first-order valence-corrected chi connectivity index (χ1v) is 9.33. The SMILES string of the molecule is Cc1ccc(C(=O)OCCOc2cccc(Br)c2)cc1NC(=O)c1ccco1. The Labute approximate surface area is 170 Å². The zero-order valence-electron chi connectivity index (χ0n) is 15.1. The van der Waals surface area contributed by atoms with Crippen molar-refractivity contribution in [3.63, 3.8) is 0 Å². The van der Waals surface area contributed by atoms with Crippen LogP contribution >= 0.6 is 15.9 Å². The number of nitrogens with one attached hydrogen (secondary N) is 1. The van der Waals surface area contributed by atoms with Gasteiger partial charge in [0, 0.05) is 10.2 Å². The lowest BCUT2D eigenvalue weighted by Crippen LogP contribution is -2.14. The van der Waals surface area contributed by atoms with E-state index in [2.05, 4.69) is 21.2 Å². The van der Waals surface area contributed by atoms with Crippen molar-refractivity contribution in [2.24, 2.45) is 0 Å². The second-order valence-electron chi connectivity index (χ2n) is 5.90. The average Bonchev–Trinajstić information content (AvgIpc) is 3.22. The van der Waals surface area contributed by atoms with E-state index in [9.17, 15) is 9.59 Å². The molecule has 0 radical (unpaired) electrons. The van der Waals surface area contributed by atoms with Crippen molar-refractivity contribution >= 4 is 33.5 Å². The first-order chi connectivity index (χ1) is 13.5. The summed E-state index contributed by atoms with van der Waals surface area (Å²) < 4.78 is 16.8. The molecule has 7 heteroatoms. The second-order valence-corrected chi connectivity index (χ2v) is 6.82. The van der Waals surface area contributed by atoms with Crippen LogP contribution in [0.15, 0.2) is 69.8 Å². The number of halogens is 1. The standard InChI is InChI=1S/C21H18BrNO5/c1-14-7-8-15(12-18(14)23-20(24)19-6-3-9-27-19)21(25)28-11-10-26-17-5-2-4-16(22)13-17/h2-9,12-13H,10-11H2,1H3,(H,23,24). The van der Waals surface area contributed by atoms with E-state index in [4.69, 9.17) is 13.9 Å². The van der Waals surface area contributed by atoms with Gasteiger partial charge in [-0.05, 0) is 55.0 Å². The smallest absolute Gasteiger partial charge is 0.338 e. The fourth-order valence-electron chi connectivity index (χ4n) is 2.41. The Bertz CT molecular complexity index is 969. The quantitative estimate of drug-likeness (QED) is 0.417. The monoisotopic (exact) mass is 443 g/mol. The number of aryl methyl sites for hydroxylation is 1. The predicted molar refractivity (Wildman–Crippen MR) is 108 cm³/mol. The Hall–Kier alpha value is -3.06. The number of furan rings is 1. The lowest BCUT2D eigenvalue weighted by atomic mass is 10.1. The van der Waals surface area contributed by atoms with Crippen LogP contribution < -0.4 is 10.1 Å². The molecule has 2 aromatic carbocycles. The van der Waals surface area contributed by atoms with Crippen molar-refractivity contribution in [2.45, 2.75) is 6.92 Å². The van der Waals surface area contributed by atoms with Crippen LogP contribution in [0.1, 0.15) is 26.5 Å². The minimum Gasteiger partial charge on any atom is -0.490 e. The number of esters is 1. The highest BCUT2D eigenvalue weighted by molar-refractivity contribution is 9.10. The molecule has 0 saturated carbocycles. The molecule has 3 aromatic rings. The largest absolute Gasteiger partial charge is 0.490 e. The van der Waals surface area contributed by atoms with Crippen LogP contribution in [0.5, 0.6) is 5.75 Å². The van der Waals surface area contributed by atoms with Crippen LogP contribution in [0, 0.1) is 6.92 Å². The van der Waals surface area contributed by atoms with Gasteiger partial charge in [-0.3, -0.25) is 4.79 Å². The highest BCUT2D eigenvalue weighted by atomic mass is 79.9. The number of benzene rings is 2. The normalized spacial score (nSPS) is 10.4. The maximum Gasteiger partial charge on any atom is 0.338 e. The maximum atomic E-state index is 12.3. The van der Waals surface area contributed by atoms with Gasteiger partial charge < -0.3 is 19.2 Å². The van der Waals surface area contributed by atoms with Crippen LogP contribution in [-0.2, 0) is 4.74 Å². The van der Waals surface area contributed by atoms with Crippen LogP contribution in [0.3, 0.4) is 0 Å². The van der Waals surface area contributed by atoms with Crippen LogP contribution in [0.25, 0.3) is 0 Å². The summed E-state index contributed by atoms with van der Waals surface area (Å²) in [6.45, 7) is 2.17. The van der Waals surface area contributed by atoms with Gasteiger partial charge in [0.15, 0.2) is 5.76 Å². The molecule has 0 atom stereocenters. The van der Waals surface area contributed by atoms with Crippen LogP contribution in [0.2, 0.25) is 0 Å². The lowest BCUT2D eigenvalue weighted by Gasteiger charge is -2.11. The molecule has 0 spiro atoms. The summed E-state index contributed by atoms with van der Waals surface area (Å²) in [4.78, 5) is 24.4. The summed E-state index contributed by atoms with van der Waals surface area (Å²) >= 11 is 3.37. The summed E-state index contributed by atoms with van der Waals surface area (Å²) in [7, 11) is 0. The van der Waals surface area contributed by atoms with Gasteiger partial charge in [-0.1, -0.05) is 28.1 Å². The third-order valence-corrected chi connectivity index (χ3v) is 4.34. The van der Waals surface area contributed by atoms with E-state index < -0.39 is 5.97 Å². The molecule has 0 aliphatic rings. The van der Waals surface area contributed by atoms with Gasteiger partial charge in [0.1, 0.15) is 19.0 Å². The number of ether oxygens (including phenoxy) is 2. The number of carbonyl (C=O) groups excluding carboxylic acids is 2. The van der Waals surface area contributed by atoms with E-state index in [1.807, 2.05) is 31.2 Å². The fraction of sp³-hybridized carbons (Fsp3) is 0.143. The van der Waals surface area contributed by atoms with Crippen LogP contribution in [-0.4, -0.2) is 25.1 Å². The molecule has 1 N–H and O–H groups in total. The molecule has 0 unspecified atom stereocenters. The third-order valence-electron chi connectivity index (χ3n) is 3.85. The topological polar surface area (TPSA) is 77.8 Å². The third kappa shape index (κ3) is 5.23. The number of hydrogen-bond donors (Lipinski definition) is 1. The predicted octanol–water partition coefficient (Wildman–Crippen LogP) is 4.84. The van der Waals surface area contributed by atoms with Gasteiger partial charge in [-0.25, -0.2) is 4.79 Å². The van der Waals surface area contributed by atoms with E-state index in [1.54, 1.807) is 30.3 Å². The summed E-state index contributed by atoms with van der Waals surface area (Å²) in [5.74, 6) is -0.00635. The second kappa shape index (κ2) is 9.23. The van der Waals surface area contributed by atoms with E-state index >= 15 is 0 Å². The molecule has 0 bridgehead atoms. The van der Waals surface area contributed by atoms with Gasteiger partial charge in [-0.2, -0.15) is 0 Å². The van der Waals surface area contributed by atoms with Crippen molar-refractivity contribution in [2.75, 3.05) is 18.5 Å². The van der Waals surface area contributed by atoms with Crippen molar-refractivity contribution < 1.29 is 23.5 Å². The molecule has 1 amide bonds. The van der Waals surface area contributed by atoms with Crippen molar-refractivity contribution in [1.29, 1.82) is 0 Å². The molecule has 0 saturated heterocycles. The van der Waals surface area contributed by atoms with Gasteiger partial charge in [0.25, 0.3) is 5.91 Å². The average molecular weight is 444 g/mol. The van der Waals surface area contributed by atoms with Crippen molar-refractivity contribution in [1.82, 2.24) is 0 Å². The Morgan fingerprint density at radius 3 is 2.68 bits per heavy atom. The van der Waals surface area contributed by atoms with Crippen molar-refractivity contribution in [3.8, 4) is 5.75 Å². The summed E-state index contributed by atoms with van der Waals surface area (Å²) in [5, 5.41) is 2.73. The highest BCUT2D eigenvalue weighted by Gasteiger charge is 2.13. The maximum absolute atomic E-state index is 12.3. The van der Waals surface area contributed by atoms with Crippen molar-refractivity contribution in [3.05, 3.63) is 82.2 Å². The molecule has 28 heavy (non-hydrogen) atoms. The van der Waals surface area contributed by atoms with Crippen LogP contribution in [0.4, 0.5) is 5.69 Å². The van der Waals surface area contributed by atoms with Gasteiger partial charge in [0.05, 0.1) is 11.8 Å². The van der Waals surface area contributed by atoms with Gasteiger partial charge in [0.2, 0.25) is 0 Å².